The van der Waals surface area contributed by atoms with Crippen LogP contribution in [0.3, 0.4) is 0 Å². The average Bonchev–Trinajstić information content (AvgIpc) is 2.92. The Labute approximate surface area is 127 Å². The van der Waals surface area contributed by atoms with E-state index in [9.17, 15) is 0 Å². The third-order valence-electron chi connectivity index (χ3n) is 4.63. The Balaban J connectivity index is 1.72. The van der Waals surface area contributed by atoms with E-state index in [1.807, 2.05) is 17.9 Å². The van der Waals surface area contributed by atoms with Gasteiger partial charge in [-0.15, -0.1) is 0 Å². The maximum atomic E-state index is 4.27. The van der Waals surface area contributed by atoms with Gasteiger partial charge in [0.1, 0.15) is 0 Å². The summed E-state index contributed by atoms with van der Waals surface area (Å²) in [5, 5.41) is 7.98. The molecule has 0 radical (unpaired) electrons. The van der Waals surface area contributed by atoms with Crippen LogP contribution in [0.25, 0.3) is 0 Å². The van der Waals surface area contributed by atoms with Crippen LogP contribution in [0, 0.1) is 5.92 Å². The van der Waals surface area contributed by atoms with Crippen molar-refractivity contribution in [3.05, 3.63) is 53.3 Å². The van der Waals surface area contributed by atoms with E-state index in [1.54, 1.807) is 0 Å². The Kier molecular flexibility index (Phi) is 4.39. The highest BCUT2D eigenvalue weighted by Crippen LogP contribution is 2.36. The van der Waals surface area contributed by atoms with Gasteiger partial charge in [-0.05, 0) is 54.8 Å². The minimum atomic E-state index is 0.511. The van der Waals surface area contributed by atoms with Gasteiger partial charge in [0.25, 0.3) is 0 Å². The summed E-state index contributed by atoms with van der Waals surface area (Å²) in [6.45, 7) is 3.23. The van der Waals surface area contributed by atoms with Crippen LogP contribution in [-0.4, -0.2) is 16.3 Å². The molecule has 2 atom stereocenters. The van der Waals surface area contributed by atoms with Crippen LogP contribution in [0.1, 0.15) is 42.5 Å². The topological polar surface area (TPSA) is 29.9 Å². The van der Waals surface area contributed by atoms with Crippen LogP contribution >= 0.6 is 0 Å². The van der Waals surface area contributed by atoms with Gasteiger partial charge in [-0.25, -0.2) is 0 Å². The van der Waals surface area contributed by atoms with Gasteiger partial charge in [-0.1, -0.05) is 31.2 Å². The van der Waals surface area contributed by atoms with Crippen LogP contribution in [0.15, 0.2) is 36.7 Å². The Morgan fingerprint density at radius 3 is 2.95 bits per heavy atom. The lowest BCUT2D eigenvalue weighted by atomic mass is 9.77. The fourth-order valence-corrected chi connectivity index (χ4v) is 3.59. The van der Waals surface area contributed by atoms with E-state index in [4.69, 9.17) is 0 Å². The molecule has 21 heavy (non-hydrogen) atoms. The van der Waals surface area contributed by atoms with E-state index >= 15 is 0 Å². The van der Waals surface area contributed by atoms with Crippen LogP contribution in [0.4, 0.5) is 0 Å². The molecule has 3 nitrogen and oxygen atoms in total. The number of rotatable bonds is 5. The lowest BCUT2D eigenvalue weighted by molar-refractivity contribution is 0.307. The number of aromatic nitrogens is 2. The molecule has 0 spiro atoms. The van der Waals surface area contributed by atoms with Crippen LogP contribution in [0.2, 0.25) is 0 Å². The van der Waals surface area contributed by atoms with Crippen molar-refractivity contribution >= 4 is 0 Å². The number of nitrogens with one attached hydrogen (secondary N) is 1. The van der Waals surface area contributed by atoms with E-state index in [-0.39, 0.29) is 0 Å². The number of fused-ring (bicyclic) bond motifs is 1. The van der Waals surface area contributed by atoms with Gasteiger partial charge in [-0.2, -0.15) is 5.10 Å². The summed E-state index contributed by atoms with van der Waals surface area (Å²) in [7, 11) is 1.99. The second-order valence-electron chi connectivity index (χ2n) is 6.09. The molecule has 1 aliphatic carbocycles. The fraction of sp³-hybridized carbons (Fsp3) is 0.500. The van der Waals surface area contributed by atoms with E-state index in [1.165, 1.54) is 36.0 Å². The fourth-order valence-electron chi connectivity index (χ4n) is 3.59. The Morgan fingerprint density at radius 1 is 1.33 bits per heavy atom. The van der Waals surface area contributed by atoms with Crippen LogP contribution < -0.4 is 5.32 Å². The Bertz CT molecular complexity index is 588. The predicted octanol–water partition coefficient (Wildman–Crippen LogP) is 3.27. The molecule has 2 unspecified atom stereocenters. The van der Waals surface area contributed by atoms with Crippen molar-refractivity contribution in [2.75, 3.05) is 6.54 Å². The first kappa shape index (κ1) is 14.3. The van der Waals surface area contributed by atoms with Gasteiger partial charge in [0, 0.05) is 19.3 Å². The minimum absolute atomic E-state index is 0.511. The highest BCUT2D eigenvalue weighted by atomic mass is 15.2. The van der Waals surface area contributed by atoms with Gasteiger partial charge in [0.15, 0.2) is 0 Å². The zero-order chi connectivity index (χ0) is 14.7. The molecule has 0 bridgehead atoms. The summed E-state index contributed by atoms with van der Waals surface area (Å²) in [5.74, 6) is 0.722. The second-order valence-corrected chi connectivity index (χ2v) is 6.09. The maximum Gasteiger partial charge on any atom is 0.0521 e. The summed E-state index contributed by atoms with van der Waals surface area (Å²) < 4.78 is 1.90. The molecular formula is C18H25N3. The number of nitrogens with zero attached hydrogens (tertiary/aromatic N) is 2. The van der Waals surface area contributed by atoms with Crippen LogP contribution in [-0.2, 0) is 19.9 Å². The molecule has 2 aromatic rings. The maximum absolute atomic E-state index is 4.27. The third-order valence-corrected chi connectivity index (χ3v) is 4.63. The molecule has 0 fully saturated rings. The van der Waals surface area contributed by atoms with Crippen molar-refractivity contribution in [2.45, 2.75) is 38.6 Å². The number of hydrogen-bond donors (Lipinski definition) is 1. The normalized spacial score (nSPS) is 21.2. The first-order valence-corrected chi connectivity index (χ1v) is 8.06. The number of benzene rings is 1. The Morgan fingerprint density at radius 2 is 2.19 bits per heavy atom. The van der Waals surface area contributed by atoms with Crippen molar-refractivity contribution in [1.82, 2.24) is 15.1 Å². The highest BCUT2D eigenvalue weighted by Gasteiger charge is 2.28. The van der Waals surface area contributed by atoms with E-state index < -0.39 is 0 Å². The zero-order valence-corrected chi connectivity index (χ0v) is 13.0. The van der Waals surface area contributed by atoms with Crippen molar-refractivity contribution < 1.29 is 0 Å². The van der Waals surface area contributed by atoms with Crippen molar-refractivity contribution in [3.8, 4) is 0 Å². The van der Waals surface area contributed by atoms with Crippen molar-refractivity contribution in [2.24, 2.45) is 13.0 Å². The first-order chi connectivity index (χ1) is 10.3. The first-order valence-electron chi connectivity index (χ1n) is 8.06. The van der Waals surface area contributed by atoms with Gasteiger partial charge in [0.05, 0.1) is 6.20 Å². The molecule has 0 amide bonds. The van der Waals surface area contributed by atoms with Gasteiger partial charge >= 0.3 is 0 Å². The van der Waals surface area contributed by atoms with Gasteiger partial charge in [0.2, 0.25) is 0 Å². The molecule has 1 aliphatic rings. The number of hydrogen-bond acceptors (Lipinski definition) is 2. The monoisotopic (exact) mass is 283 g/mol. The minimum Gasteiger partial charge on any atom is -0.310 e. The third kappa shape index (κ3) is 3.18. The SMILES string of the molecule is CCNC1c2ccccc2CCC1CCc1cnn(C)c1. The van der Waals surface area contributed by atoms with Gasteiger partial charge < -0.3 is 5.32 Å². The predicted molar refractivity (Wildman–Crippen MR) is 86.2 cm³/mol. The highest BCUT2D eigenvalue weighted by molar-refractivity contribution is 5.33. The summed E-state index contributed by atoms with van der Waals surface area (Å²) in [5.41, 5.74) is 4.40. The standard InChI is InChI=1S/C18H25N3/c1-3-19-18-16(9-8-14-12-20-21(2)13-14)11-10-15-6-4-5-7-17(15)18/h4-7,12-13,16,18-19H,3,8-11H2,1-2H3. The molecular weight excluding hydrogens is 258 g/mol. The summed E-state index contributed by atoms with van der Waals surface area (Å²) in [6.07, 6.45) is 9.00. The lowest BCUT2D eigenvalue weighted by Crippen LogP contribution is -2.32. The quantitative estimate of drug-likeness (QED) is 0.912. The molecule has 1 N–H and O–H groups in total. The lowest BCUT2D eigenvalue weighted by Gasteiger charge is -2.34. The molecule has 3 heteroatoms. The molecule has 3 rings (SSSR count). The molecule has 0 saturated carbocycles. The van der Waals surface area contributed by atoms with Crippen LogP contribution in [0.5, 0.6) is 0 Å². The largest absolute Gasteiger partial charge is 0.310 e. The zero-order valence-electron chi connectivity index (χ0n) is 13.0. The molecule has 1 heterocycles. The molecule has 0 aliphatic heterocycles. The van der Waals surface area contributed by atoms with E-state index in [2.05, 4.69) is 47.8 Å². The Hall–Kier alpha value is -1.61. The van der Waals surface area contributed by atoms with Gasteiger partial charge in [-0.3, -0.25) is 4.68 Å². The van der Waals surface area contributed by atoms with Crippen molar-refractivity contribution in [3.63, 3.8) is 0 Å². The van der Waals surface area contributed by atoms with Crippen molar-refractivity contribution in [1.29, 1.82) is 0 Å². The second kappa shape index (κ2) is 6.44. The van der Waals surface area contributed by atoms with E-state index in [0.29, 0.717) is 6.04 Å². The summed E-state index contributed by atoms with van der Waals surface area (Å²) in [6, 6.07) is 9.44. The average molecular weight is 283 g/mol. The van der Waals surface area contributed by atoms with E-state index in [0.717, 1.165) is 18.9 Å². The summed E-state index contributed by atoms with van der Waals surface area (Å²) in [4.78, 5) is 0. The molecule has 112 valence electrons. The summed E-state index contributed by atoms with van der Waals surface area (Å²) >= 11 is 0. The smallest absolute Gasteiger partial charge is 0.0521 e. The molecule has 0 saturated heterocycles. The molecule has 1 aromatic carbocycles. The molecule has 1 aromatic heterocycles. The number of aryl methyl sites for hydroxylation is 3.